The minimum absolute atomic E-state index is 0.354. The number of nitrogens with zero attached hydrogens (tertiary/aromatic N) is 1. The van der Waals surface area contributed by atoms with Crippen LogP contribution in [0.1, 0.15) is 16.8 Å². The smallest absolute Gasteiger partial charge is 0.254 e. The molecule has 0 aliphatic carbocycles. The Morgan fingerprint density at radius 1 is 1.47 bits per heavy atom. The van der Waals surface area contributed by atoms with Crippen LogP contribution in [0.4, 0.5) is 14.5 Å². The Morgan fingerprint density at radius 2 is 2.11 bits per heavy atom. The van der Waals surface area contributed by atoms with E-state index in [0.29, 0.717) is 31.3 Å². The van der Waals surface area contributed by atoms with E-state index in [1.165, 1.54) is 0 Å². The number of ether oxygens (including phenoxy) is 1. The lowest BCUT2D eigenvalue weighted by atomic mass is 10.1. The number of hydrogen-bond donors (Lipinski definition) is 1. The number of halogens is 2. The molecule has 1 fully saturated rings. The number of nitrogens with two attached hydrogens (primary N) is 1. The normalized spacial score (nSPS) is 18.9. The summed E-state index contributed by atoms with van der Waals surface area (Å²) in [6, 6.07) is 2.30. The summed E-state index contributed by atoms with van der Waals surface area (Å²) in [5.41, 5.74) is 4.68. The Morgan fingerprint density at radius 3 is 2.63 bits per heavy atom. The van der Waals surface area contributed by atoms with E-state index in [0.717, 1.165) is 18.6 Å². The van der Waals surface area contributed by atoms with Crippen molar-refractivity contribution in [3.63, 3.8) is 0 Å². The first-order chi connectivity index (χ1) is 9.02. The minimum Gasteiger partial charge on any atom is -0.384 e. The summed E-state index contributed by atoms with van der Waals surface area (Å²) >= 11 is 0. The van der Waals surface area contributed by atoms with Crippen LogP contribution < -0.4 is 10.6 Å². The SMILES string of the molecule is COCC1CCN(c2cc(F)c(C(N)=O)c(F)c2)C1. The van der Waals surface area contributed by atoms with Crippen molar-refractivity contribution in [1.29, 1.82) is 0 Å². The van der Waals surface area contributed by atoms with Crippen LogP contribution in [0.15, 0.2) is 12.1 Å². The fraction of sp³-hybridized carbons (Fsp3) is 0.462. The van der Waals surface area contributed by atoms with Gasteiger partial charge in [0.1, 0.15) is 17.2 Å². The molecule has 0 bridgehead atoms. The van der Waals surface area contributed by atoms with Crippen molar-refractivity contribution >= 4 is 11.6 Å². The van der Waals surface area contributed by atoms with Gasteiger partial charge in [0.15, 0.2) is 0 Å². The third kappa shape index (κ3) is 2.84. The van der Waals surface area contributed by atoms with Crippen LogP contribution in [-0.2, 0) is 4.74 Å². The van der Waals surface area contributed by atoms with Gasteiger partial charge in [-0.1, -0.05) is 0 Å². The van der Waals surface area contributed by atoms with Gasteiger partial charge in [0.25, 0.3) is 5.91 Å². The van der Waals surface area contributed by atoms with Crippen LogP contribution in [-0.4, -0.2) is 32.7 Å². The molecule has 0 radical (unpaired) electrons. The van der Waals surface area contributed by atoms with Gasteiger partial charge in [-0.25, -0.2) is 8.78 Å². The molecule has 1 aromatic carbocycles. The van der Waals surface area contributed by atoms with E-state index in [1.54, 1.807) is 7.11 Å². The highest BCUT2D eigenvalue weighted by Crippen LogP contribution is 2.27. The maximum atomic E-state index is 13.7. The molecule has 1 aliphatic rings. The summed E-state index contributed by atoms with van der Waals surface area (Å²) < 4.78 is 32.4. The average molecular weight is 270 g/mol. The number of benzene rings is 1. The lowest BCUT2D eigenvalue weighted by Crippen LogP contribution is -2.22. The van der Waals surface area contributed by atoms with Crippen molar-refractivity contribution in [2.45, 2.75) is 6.42 Å². The molecule has 104 valence electrons. The fourth-order valence-corrected chi connectivity index (χ4v) is 2.42. The van der Waals surface area contributed by atoms with E-state index in [1.807, 2.05) is 4.90 Å². The van der Waals surface area contributed by atoms with Crippen LogP contribution in [0.25, 0.3) is 0 Å². The Balaban J connectivity index is 2.21. The Bertz CT molecular complexity index is 471. The van der Waals surface area contributed by atoms with Gasteiger partial charge < -0.3 is 15.4 Å². The fourth-order valence-electron chi connectivity index (χ4n) is 2.42. The lowest BCUT2D eigenvalue weighted by Gasteiger charge is -2.19. The lowest BCUT2D eigenvalue weighted by molar-refractivity contribution is 0.0992. The number of carbonyl (C=O) groups is 1. The van der Waals surface area contributed by atoms with Crippen LogP contribution in [0.2, 0.25) is 0 Å². The number of methoxy groups -OCH3 is 1. The number of hydrogen-bond acceptors (Lipinski definition) is 3. The molecule has 1 heterocycles. The van der Waals surface area contributed by atoms with Gasteiger partial charge in [0, 0.05) is 31.8 Å². The molecular formula is C13H16F2N2O2. The van der Waals surface area contributed by atoms with Crippen LogP contribution in [0.3, 0.4) is 0 Å². The van der Waals surface area contributed by atoms with Crippen molar-refractivity contribution in [3.05, 3.63) is 29.3 Å². The number of primary amides is 1. The first kappa shape index (κ1) is 13.7. The molecule has 0 saturated carbocycles. The van der Waals surface area contributed by atoms with Crippen molar-refractivity contribution in [1.82, 2.24) is 0 Å². The highest BCUT2D eigenvalue weighted by Gasteiger charge is 2.25. The van der Waals surface area contributed by atoms with Crippen molar-refractivity contribution in [2.24, 2.45) is 11.7 Å². The largest absolute Gasteiger partial charge is 0.384 e. The number of amides is 1. The molecule has 1 aromatic rings. The first-order valence-electron chi connectivity index (χ1n) is 6.05. The van der Waals surface area contributed by atoms with Gasteiger partial charge in [-0.15, -0.1) is 0 Å². The summed E-state index contributed by atoms with van der Waals surface area (Å²) in [4.78, 5) is 12.8. The molecule has 1 amide bonds. The molecule has 6 heteroatoms. The van der Waals surface area contributed by atoms with E-state index >= 15 is 0 Å². The summed E-state index contributed by atoms with van der Waals surface area (Å²) in [5.74, 6) is -2.58. The molecule has 1 aliphatic heterocycles. The summed E-state index contributed by atoms with van der Waals surface area (Å²) in [6.45, 7) is 2.02. The van der Waals surface area contributed by atoms with Gasteiger partial charge in [-0.05, 0) is 18.6 Å². The number of rotatable bonds is 4. The van der Waals surface area contributed by atoms with E-state index in [2.05, 4.69) is 0 Å². The van der Waals surface area contributed by atoms with Gasteiger partial charge in [0.2, 0.25) is 0 Å². The van der Waals surface area contributed by atoms with Gasteiger partial charge in [0.05, 0.1) is 6.61 Å². The van der Waals surface area contributed by atoms with Crippen LogP contribution >= 0.6 is 0 Å². The van der Waals surface area contributed by atoms with E-state index in [9.17, 15) is 13.6 Å². The Kier molecular flexibility index (Phi) is 3.99. The predicted octanol–water partition coefficient (Wildman–Crippen LogP) is 1.54. The second kappa shape index (κ2) is 5.52. The van der Waals surface area contributed by atoms with Gasteiger partial charge in [-0.2, -0.15) is 0 Å². The highest BCUT2D eigenvalue weighted by molar-refractivity contribution is 5.93. The molecule has 2 rings (SSSR count). The van der Waals surface area contributed by atoms with E-state index in [-0.39, 0.29) is 0 Å². The zero-order chi connectivity index (χ0) is 14.0. The number of anilines is 1. The van der Waals surface area contributed by atoms with Gasteiger partial charge >= 0.3 is 0 Å². The highest BCUT2D eigenvalue weighted by atomic mass is 19.1. The van der Waals surface area contributed by atoms with Crippen molar-refractivity contribution in [2.75, 3.05) is 31.7 Å². The molecule has 1 atom stereocenters. The molecule has 0 aromatic heterocycles. The third-order valence-corrected chi connectivity index (χ3v) is 3.33. The number of carbonyl (C=O) groups excluding carboxylic acids is 1. The zero-order valence-electron chi connectivity index (χ0n) is 10.7. The summed E-state index contributed by atoms with van der Waals surface area (Å²) in [5, 5.41) is 0. The molecule has 19 heavy (non-hydrogen) atoms. The monoisotopic (exact) mass is 270 g/mol. The maximum absolute atomic E-state index is 13.7. The topological polar surface area (TPSA) is 55.6 Å². The average Bonchev–Trinajstić information content (AvgIpc) is 2.76. The molecule has 2 N–H and O–H groups in total. The molecule has 1 saturated heterocycles. The maximum Gasteiger partial charge on any atom is 0.254 e. The predicted molar refractivity (Wildman–Crippen MR) is 67.1 cm³/mol. The standard InChI is InChI=1S/C13H16F2N2O2/c1-19-7-8-2-3-17(6-8)9-4-10(14)12(13(16)18)11(15)5-9/h4-5,8H,2-3,6-7H2,1H3,(H2,16,18). The van der Waals surface area contributed by atoms with Crippen LogP contribution in [0.5, 0.6) is 0 Å². The molecular weight excluding hydrogens is 254 g/mol. The van der Waals surface area contributed by atoms with Gasteiger partial charge in [-0.3, -0.25) is 4.79 Å². The summed E-state index contributed by atoms with van der Waals surface area (Å²) in [7, 11) is 1.63. The third-order valence-electron chi connectivity index (χ3n) is 3.33. The van der Waals surface area contributed by atoms with E-state index in [4.69, 9.17) is 10.5 Å². The Hall–Kier alpha value is -1.69. The molecule has 4 nitrogen and oxygen atoms in total. The van der Waals surface area contributed by atoms with Crippen molar-refractivity contribution < 1.29 is 18.3 Å². The van der Waals surface area contributed by atoms with Crippen LogP contribution in [0, 0.1) is 17.6 Å². The minimum atomic E-state index is -1.10. The zero-order valence-corrected chi connectivity index (χ0v) is 10.7. The molecule has 0 spiro atoms. The second-order valence-corrected chi connectivity index (χ2v) is 4.70. The molecule has 1 unspecified atom stereocenters. The first-order valence-corrected chi connectivity index (χ1v) is 6.05. The van der Waals surface area contributed by atoms with Crippen molar-refractivity contribution in [3.8, 4) is 0 Å². The van der Waals surface area contributed by atoms with E-state index < -0.39 is 23.1 Å². The Labute approximate surface area is 110 Å². The quantitative estimate of drug-likeness (QED) is 0.902. The summed E-state index contributed by atoms with van der Waals surface area (Å²) in [6.07, 6.45) is 0.911. The second-order valence-electron chi connectivity index (χ2n) is 4.70.